The van der Waals surface area contributed by atoms with E-state index in [4.69, 9.17) is 4.98 Å². The van der Waals surface area contributed by atoms with E-state index in [2.05, 4.69) is 229 Å². The van der Waals surface area contributed by atoms with Gasteiger partial charge in [-0.25, -0.2) is 4.98 Å². The lowest BCUT2D eigenvalue weighted by atomic mass is 9.71. The topological polar surface area (TPSA) is 24.3 Å². The third-order valence-electron chi connectivity index (χ3n) is 12.3. The van der Waals surface area contributed by atoms with Crippen LogP contribution in [0.5, 0.6) is 0 Å². The van der Waals surface area contributed by atoms with Crippen LogP contribution in [0.3, 0.4) is 0 Å². The summed E-state index contributed by atoms with van der Waals surface area (Å²) in [6.07, 6.45) is 1.98. The van der Waals surface area contributed by atoms with Crippen LogP contribution >= 0.6 is 0 Å². The van der Waals surface area contributed by atoms with Gasteiger partial charge < -0.3 is 9.80 Å². The van der Waals surface area contributed by atoms with Crippen molar-refractivity contribution in [3.63, 3.8) is 0 Å². The summed E-state index contributed by atoms with van der Waals surface area (Å²) in [5.41, 5.74) is 12.6. The first-order valence-corrected chi connectivity index (χ1v) is 19.8. The van der Waals surface area contributed by atoms with Crippen molar-refractivity contribution >= 4 is 44.6 Å². The molecule has 0 bridgehead atoms. The molecule has 0 amide bonds. The number of hydrogen-bond donors (Lipinski definition) is 0. The van der Waals surface area contributed by atoms with Gasteiger partial charge in [-0.3, -0.25) is 4.57 Å². The van der Waals surface area contributed by atoms with E-state index in [1.54, 1.807) is 0 Å². The first kappa shape index (κ1) is 34.6. The minimum absolute atomic E-state index is 0.293. The fraction of sp³-hybridized carbons (Fsp3) is 0.113. The number of aromatic nitrogens is 2. The SMILES string of the molecule is CC(C)(c1cccc(N2CN(c3ccccc3)c3ccccc32)c1)c1ccc2c3ccccc3n(-c3cc(C(C)(c4ccccc4)c4ccccc4)ccn3)c2c1. The maximum absolute atomic E-state index is 5.09. The molecule has 4 heteroatoms. The molecule has 0 saturated carbocycles. The van der Waals surface area contributed by atoms with E-state index < -0.39 is 0 Å². The summed E-state index contributed by atoms with van der Waals surface area (Å²) < 4.78 is 2.36. The highest BCUT2D eigenvalue weighted by Crippen LogP contribution is 2.46. The summed E-state index contributed by atoms with van der Waals surface area (Å²) >= 11 is 0. The van der Waals surface area contributed by atoms with Crippen molar-refractivity contribution in [3.8, 4) is 5.82 Å². The van der Waals surface area contributed by atoms with Gasteiger partial charge in [0, 0.05) is 39.2 Å². The van der Waals surface area contributed by atoms with Crippen molar-refractivity contribution in [3.05, 3.63) is 228 Å². The normalized spacial score (nSPS) is 13.0. The Bertz CT molecular complexity index is 2840. The monoisotopic (exact) mass is 736 g/mol. The van der Waals surface area contributed by atoms with E-state index in [9.17, 15) is 0 Å². The molecule has 0 saturated heterocycles. The van der Waals surface area contributed by atoms with Crippen molar-refractivity contribution < 1.29 is 0 Å². The molecule has 0 unspecified atom stereocenters. The number of para-hydroxylation sites is 4. The molecular formula is C53H44N4. The molecule has 0 fully saturated rings. The Morgan fingerprint density at radius 1 is 0.421 bits per heavy atom. The molecule has 0 spiro atoms. The fourth-order valence-corrected chi connectivity index (χ4v) is 8.99. The predicted octanol–water partition coefficient (Wildman–Crippen LogP) is 13.1. The van der Waals surface area contributed by atoms with Gasteiger partial charge >= 0.3 is 0 Å². The molecule has 0 N–H and O–H groups in total. The first-order valence-electron chi connectivity index (χ1n) is 19.8. The molecule has 7 aromatic carbocycles. The number of pyridine rings is 1. The van der Waals surface area contributed by atoms with E-state index in [0.29, 0.717) is 0 Å². The van der Waals surface area contributed by atoms with Gasteiger partial charge in [0.1, 0.15) is 12.5 Å². The Morgan fingerprint density at radius 3 is 1.67 bits per heavy atom. The summed E-state index contributed by atoms with van der Waals surface area (Å²) in [5.74, 6) is 0.907. The second-order valence-corrected chi connectivity index (χ2v) is 15.8. The highest BCUT2D eigenvalue weighted by atomic mass is 15.4. The van der Waals surface area contributed by atoms with Crippen LogP contribution in [0.25, 0.3) is 27.6 Å². The lowest BCUT2D eigenvalue weighted by Crippen LogP contribution is -2.25. The maximum atomic E-state index is 5.09. The number of hydrogen-bond acceptors (Lipinski definition) is 3. The molecule has 9 aromatic rings. The Hall–Kier alpha value is -6.91. The van der Waals surface area contributed by atoms with E-state index in [1.807, 2.05) is 6.20 Å². The Morgan fingerprint density at radius 2 is 0.965 bits per heavy atom. The standard InChI is InChI=1S/C53H44N4/c1-52(2,40-22-17-25-44(34-40)56-37-55(43-23-11-6-12-24-43)48-28-15-16-29-49(48)56)41-30-31-46-45-26-13-14-27-47(45)57(50(46)35-41)51-36-42(32-33-54-51)53(3,38-18-7-4-8-19-38)39-20-9-5-10-21-39/h4-36H,37H2,1-3H3. The lowest BCUT2D eigenvalue weighted by Gasteiger charge is -2.32. The Kier molecular flexibility index (Phi) is 8.30. The summed E-state index contributed by atoms with van der Waals surface area (Å²) in [5, 5.41) is 2.44. The highest BCUT2D eigenvalue weighted by Gasteiger charge is 2.33. The zero-order valence-corrected chi connectivity index (χ0v) is 32.5. The molecule has 4 nitrogen and oxygen atoms in total. The highest BCUT2D eigenvalue weighted by molar-refractivity contribution is 6.09. The van der Waals surface area contributed by atoms with Crippen LogP contribution in [-0.4, -0.2) is 16.2 Å². The van der Waals surface area contributed by atoms with Crippen LogP contribution in [0, 0.1) is 0 Å². The molecule has 2 aromatic heterocycles. The molecule has 1 aliphatic rings. The van der Waals surface area contributed by atoms with Crippen LogP contribution in [-0.2, 0) is 10.8 Å². The summed E-state index contributed by atoms with van der Waals surface area (Å²) in [4.78, 5) is 9.91. The van der Waals surface area contributed by atoms with Gasteiger partial charge in [-0.15, -0.1) is 0 Å². The fourth-order valence-electron chi connectivity index (χ4n) is 8.99. The summed E-state index contributed by atoms with van der Waals surface area (Å²) in [7, 11) is 0. The minimum atomic E-state index is -0.384. The van der Waals surface area contributed by atoms with Gasteiger partial charge in [-0.1, -0.05) is 147 Å². The van der Waals surface area contributed by atoms with Crippen LogP contribution < -0.4 is 9.80 Å². The minimum Gasteiger partial charge on any atom is -0.321 e. The second kappa shape index (κ2) is 13.7. The Balaban J connectivity index is 1.08. The third-order valence-corrected chi connectivity index (χ3v) is 12.3. The second-order valence-electron chi connectivity index (χ2n) is 15.8. The average molecular weight is 737 g/mol. The van der Waals surface area contributed by atoms with Gasteiger partial charge in [0.25, 0.3) is 0 Å². The van der Waals surface area contributed by atoms with Crippen LogP contribution in [0.2, 0.25) is 0 Å². The number of rotatable bonds is 8. The van der Waals surface area contributed by atoms with Gasteiger partial charge in [0.05, 0.1) is 22.4 Å². The van der Waals surface area contributed by atoms with Crippen molar-refractivity contribution in [2.45, 2.75) is 31.6 Å². The average Bonchev–Trinajstić information content (AvgIpc) is 3.83. The van der Waals surface area contributed by atoms with Gasteiger partial charge in [0.15, 0.2) is 0 Å². The number of nitrogens with zero attached hydrogens (tertiary/aromatic N) is 4. The molecule has 276 valence electrons. The van der Waals surface area contributed by atoms with Crippen molar-refractivity contribution in [2.24, 2.45) is 0 Å². The van der Waals surface area contributed by atoms with Crippen LogP contribution in [0.15, 0.2) is 200 Å². The van der Waals surface area contributed by atoms with E-state index >= 15 is 0 Å². The molecule has 1 aliphatic heterocycles. The maximum Gasteiger partial charge on any atom is 0.137 e. The van der Waals surface area contributed by atoms with Crippen molar-refractivity contribution in [1.82, 2.24) is 9.55 Å². The molecule has 3 heterocycles. The zero-order valence-electron chi connectivity index (χ0n) is 32.5. The van der Waals surface area contributed by atoms with Crippen LogP contribution in [0.1, 0.15) is 48.6 Å². The molecule has 0 atom stereocenters. The molecule has 0 aliphatic carbocycles. The lowest BCUT2D eigenvalue weighted by molar-refractivity contribution is 0.641. The van der Waals surface area contributed by atoms with Crippen molar-refractivity contribution in [1.29, 1.82) is 0 Å². The molecule has 10 rings (SSSR count). The van der Waals surface area contributed by atoms with Gasteiger partial charge in [0.2, 0.25) is 0 Å². The summed E-state index contributed by atoms with van der Waals surface area (Å²) in [6.45, 7) is 7.77. The van der Waals surface area contributed by atoms with Gasteiger partial charge in [-0.2, -0.15) is 0 Å². The van der Waals surface area contributed by atoms with Crippen molar-refractivity contribution in [2.75, 3.05) is 16.5 Å². The smallest absolute Gasteiger partial charge is 0.137 e. The van der Waals surface area contributed by atoms with Crippen LogP contribution in [0.4, 0.5) is 22.7 Å². The third kappa shape index (κ3) is 5.71. The molecular weight excluding hydrogens is 693 g/mol. The predicted molar refractivity (Wildman–Crippen MR) is 238 cm³/mol. The number of fused-ring (bicyclic) bond motifs is 4. The first-order chi connectivity index (χ1) is 27.9. The molecule has 57 heavy (non-hydrogen) atoms. The quantitative estimate of drug-likeness (QED) is 0.155. The van der Waals surface area contributed by atoms with Gasteiger partial charge in [-0.05, 0) is 95.4 Å². The largest absolute Gasteiger partial charge is 0.321 e. The molecule has 0 radical (unpaired) electrons. The number of anilines is 4. The van der Waals surface area contributed by atoms with E-state index in [1.165, 1.54) is 61.3 Å². The van der Waals surface area contributed by atoms with E-state index in [-0.39, 0.29) is 10.8 Å². The Labute approximate surface area is 334 Å². The van der Waals surface area contributed by atoms with E-state index in [0.717, 1.165) is 23.5 Å². The zero-order chi connectivity index (χ0) is 38.6. The summed E-state index contributed by atoms with van der Waals surface area (Å²) in [6, 6.07) is 70.4. The number of benzene rings is 7.